The van der Waals surface area contributed by atoms with Crippen LogP contribution in [0, 0.1) is 0 Å². The lowest BCUT2D eigenvalue weighted by molar-refractivity contribution is -0.338. The Morgan fingerprint density at radius 3 is 1.82 bits per heavy atom. The quantitative estimate of drug-likeness (QED) is 0.113. The van der Waals surface area contributed by atoms with Crippen molar-refractivity contribution in [3.05, 3.63) is 22.7 Å². The lowest BCUT2D eigenvalue weighted by atomic mass is 9.94. The number of carbonyl (C=O) groups is 2. The molecule has 4 rings (SSSR count). The fourth-order valence-corrected chi connectivity index (χ4v) is 5.52. The number of nitrogen functional groups attached to an aromatic ring is 1. The van der Waals surface area contributed by atoms with Crippen molar-refractivity contribution in [2.45, 2.75) is 99.7 Å². The molecule has 4 heterocycles. The highest BCUT2D eigenvalue weighted by Crippen LogP contribution is 2.35. The van der Waals surface area contributed by atoms with Gasteiger partial charge in [0.05, 0.1) is 19.8 Å². The Kier molecular flexibility index (Phi) is 11.4. The van der Waals surface area contributed by atoms with Gasteiger partial charge in [0.1, 0.15) is 72.8 Å². The van der Waals surface area contributed by atoms with E-state index in [0.717, 1.165) is 18.4 Å². The third-order valence-electron chi connectivity index (χ3n) is 7.67. The van der Waals surface area contributed by atoms with E-state index in [1.165, 1.54) is 12.3 Å². The lowest BCUT2D eigenvalue weighted by Crippen LogP contribution is -2.69. The van der Waals surface area contributed by atoms with Crippen molar-refractivity contribution in [3.8, 4) is 0 Å². The van der Waals surface area contributed by atoms with E-state index < -0.39 is 123 Å². The summed E-state index contributed by atoms with van der Waals surface area (Å²) < 4.78 is 29.8. The van der Waals surface area contributed by atoms with Gasteiger partial charge in [-0.05, 0) is 6.07 Å². The molecule has 3 saturated heterocycles. The van der Waals surface area contributed by atoms with Gasteiger partial charge in [-0.15, -0.1) is 0 Å². The molecule has 20 nitrogen and oxygen atoms in total. The number of carbonyl (C=O) groups excluding carboxylic acids is 2. The SMILES string of the molecule is CC(=O)N[C@H]1[C@H](O[C@H]2[C@H](O)[C@H](n3ccc(N)nc3=O)O[C@@H]2CO)O[C@H](CO)[C@@H](O[C@@H]2O[C@H](CO)[C@@H](O)[C@H](O)[C@H]2NC(C)=O)[C@@H]1O. The monoisotopic (exact) mass is 649 g/mol. The van der Waals surface area contributed by atoms with Gasteiger partial charge in [0.25, 0.3) is 0 Å². The van der Waals surface area contributed by atoms with Gasteiger partial charge in [-0.2, -0.15) is 4.98 Å². The zero-order valence-corrected chi connectivity index (χ0v) is 24.2. The fraction of sp³-hybridized carbons (Fsp3) is 0.760. The van der Waals surface area contributed by atoms with Crippen LogP contribution in [0.15, 0.2) is 17.1 Å². The topological polar surface area (TPSA) is 307 Å². The molecule has 11 N–H and O–H groups in total. The third-order valence-corrected chi connectivity index (χ3v) is 7.67. The number of rotatable bonds is 10. The molecule has 1 aromatic heterocycles. The third kappa shape index (κ3) is 7.42. The van der Waals surface area contributed by atoms with Crippen LogP contribution in [0.3, 0.4) is 0 Å². The number of aliphatic hydroxyl groups is 7. The van der Waals surface area contributed by atoms with Crippen LogP contribution in [0.5, 0.6) is 0 Å². The molecule has 3 aliphatic heterocycles. The molecule has 0 unspecified atom stereocenters. The van der Waals surface area contributed by atoms with Crippen LogP contribution >= 0.6 is 0 Å². The molecule has 14 atom stereocenters. The average Bonchev–Trinajstić information content (AvgIpc) is 3.29. The number of ether oxygens (including phenoxy) is 5. The summed E-state index contributed by atoms with van der Waals surface area (Å²) in [5, 5.41) is 78.0. The summed E-state index contributed by atoms with van der Waals surface area (Å²) in [6.45, 7) is -0.0142. The smallest absolute Gasteiger partial charge is 0.351 e. The van der Waals surface area contributed by atoms with Crippen LogP contribution in [0.2, 0.25) is 0 Å². The van der Waals surface area contributed by atoms with E-state index in [2.05, 4.69) is 15.6 Å². The molecule has 3 fully saturated rings. The van der Waals surface area contributed by atoms with E-state index in [0.29, 0.717) is 0 Å². The van der Waals surface area contributed by atoms with Crippen molar-refractivity contribution in [2.24, 2.45) is 0 Å². The van der Waals surface area contributed by atoms with Crippen LogP contribution in [0.1, 0.15) is 20.1 Å². The molecule has 0 bridgehead atoms. The number of aliphatic hydroxyl groups excluding tert-OH is 7. The molecule has 0 saturated carbocycles. The summed E-state index contributed by atoms with van der Waals surface area (Å²) in [6, 6.07) is -1.58. The summed E-state index contributed by atoms with van der Waals surface area (Å²) in [5.41, 5.74) is 4.67. The van der Waals surface area contributed by atoms with Crippen molar-refractivity contribution < 1.29 is 69.0 Å². The molecule has 45 heavy (non-hydrogen) atoms. The predicted molar refractivity (Wildman–Crippen MR) is 144 cm³/mol. The zero-order valence-electron chi connectivity index (χ0n) is 24.2. The van der Waals surface area contributed by atoms with Gasteiger partial charge in [0.15, 0.2) is 18.8 Å². The Balaban J connectivity index is 1.59. The second kappa shape index (κ2) is 14.7. The Bertz CT molecular complexity index is 1240. The molecule has 254 valence electrons. The summed E-state index contributed by atoms with van der Waals surface area (Å²) in [5.74, 6) is -1.38. The van der Waals surface area contributed by atoms with E-state index in [4.69, 9.17) is 29.4 Å². The molecule has 0 spiro atoms. The van der Waals surface area contributed by atoms with Crippen LogP contribution < -0.4 is 22.1 Å². The maximum absolute atomic E-state index is 12.4. The molecule has 2 amide bonds. The number of nitrogens with one attached hydrogen (secondary N) is 2. The van der Waals surface area contributed by atoms with Gasteiger partial charge in [0, 0.05) is 20.0 Å². The summed E-state index contributed by atoms with van der Waals surface area (Å²) in [7, 11) is 0. The molecule has 0 aromatic carbocycles. The Morgan fingerprint density at radius 2 is 1.31 bits per heavy atom. The predicted octanol–water partition coefficient (Wildman–Crippen LogP) is -6.63. The second-order valence-corrected chi connectivity index (χ2v) is 10.9. The summed E-state index contributed by atoms with van der Waals surface area (Å²) in [6.07, 6.45) is -17.1. The van der Waals surface area contributed by atoms with Gasteiger partial charge in [-0.1, -0.05) is 0 Å². The molecule has 1 aromatic rings. The fourth-order valence-electron chi connectivity index (χ4n) is 5.52. The molecular weight excluding hydrogens is 610 g/mol. The van der Waals surface area contributed by atoms with Gasteiger partial charge < -0.3 is 75.8 Å². The lowest BCUT2D eigenvalue weighted by Gasteiger charge is -2.48. The minimum Gasteiger partial charge on any atom is -0.394 e. The maximum atomic E-state index is 12.4. The standard InChI is InChI=1S/C25H39N5O15/c1-8(34)27-14-17(37)16(36)10(5-31)42-23(14)44-20-12(7-33)43-24(15(18(20)38)28-9(2)35)45-21-11(6-32)41-22(19(21)39)30-4-3-13(26)29-25(30)40/h3-4,10-12,14-24,31-33,36-39H,5-7H2,1-2H3,(H,27,34)(H,28,35)(H2,26,29,40)/t10-,11-,12-,14-,15-,16-,17-,18-,19+,20-,21-,22-,23+,24+/m1/s1. The summed E-state index contributed by atoms with van der Waals surface area (Å²) >= 11 is 0. The molecule has 0 aliphatic carbocycles. The van der Waals surface area contributed by atoms with Gasteiger partial charge in [-0.25, -0.2) is 4.79 Å². The van der Waals surface area contributed by atoms with E-state index in [-0.39, 0.29) is 5.82 Å². The highest BCUT2D eigenvalue weighted by Gasteiger charge is 2.54. The van der Waals surface area contributed by atoms with Crippen molar-refractivity contribution in [1.29, 1.82) is 0 Å². The van der Waals surface area contributed by atoms with Crippen molar-refractivity contribution >= 4 is 17.6 Å². The van der Waals surface area contributed by atoms with E-state index in [9.17, 15) is 50.1 Å². The summed E-state index contributed by atoms with van der Waals surface area (Å²) in [4.78, 5) is 39.9. The Labute approximate surface area is 255 Å². The number of nitrogens with two attached hydrogens (primary N) is 1. The van der Waals surface area contributed by atoms with Crippen LogP contribution in [-0.2, 0) is 33.3 Å². The first-order valence-electron chi connectivity index (χ1n) is 14.0. The molecular formula is C25H39N5O15. The van der Waals surface area contributed by atoms with Gasteiger partial charge >= 0.3 is 5.69 Å². The van der Waals surface area contributed by atoms with Crippen molar-refractivity contribution in [2.75, 3.05) is 25.6 Å². The van der Waals surface area contributed by atoms with Gasteiger partial charge in [0.2, 0.25) is 11.8 Å². The number of hydrogen-bond donors (Lipinski definition) is 10. The minimum absolute atomic E-state index is 0.0793. The van der Waals surface area contributed by atoms with E-state index in [1.54, 1.807) is 0 Å². The Hall–Kier alpha value is -2.86. The highest BCUT2D eigenvalue weighted by molar-refractivity contribution is 5.73. The number of anilines is 1. The zero-order chi connectivity index (χ0) is 33.2. The number of aromatic nitrogens is 2. The van der Waals surface area contributed by atoms with Gasteiger partial charge in [-0.3, -0.25) is 14.2 Å². The highest BCUT2D eigenvalue weighted by atomic mass is 16.7. The Morgan fingerprint density at radius 1 is 0.822 bits per heavy atom. The first kappa shape index (κ1) is 35.0. The molecule has 0 radical (unpaired) electrons. The van der Waals surface area contributed by atoms with Crippen molar-refractivity contribution in [1.82, 2.24) is 20.2 Å². The first-order chi connectivity index (χ1) is 21.3. The normalized spacial score (nSPS) is 40.2. The molecule has 20 heteroatoms. The van der Waals surface area contributed by atoms with Crippen LogP contribution in [0.4, 0.5) is 5.82 Å². The second-order valence-electron chi connectivity index (χ2n) is 10.9. The van der Waals surface area contributed by atoms with Crippen LogP contribution in [-0.4, -0.2) is 157 Å². The maximum Gasteiger partial charge on any atom is 0.351 e. The van der Waals surface area contributed by atoms with Crippen molar-refractivity contribution in [3.63, 3.8) is 0 Å². The van der Waals surface area contributed by atoms with Crippen LogP contribution in [0.25, 0.3) is 0 Å². The molecule has 3 aliphatic rings. The van der Waals surface area contributed by atoms with E-state index >= 15 is 0 Å². The number of hydrogen-bond acceptors (Lipinski definition) is 17. The average molecular weight is 650 g/mol. The largest absolute Gasteiger partial charge is 0.394 e. The minimum atomic E-state index is -1.75. The van der Waals surface area contributed by atoms with E-state index in [1.807, 2.05) is 0 Å². The first-order valence-corrected chi connectivity index (χ1v) is 14.0. The number of nitrogens with zero attached hydrogens (tertiary/aromatic N) is 2. The number of amides is 2.